The summed E-state index contributed by atoms with van der Waals surface area (Å²) >= 11 is 3.33. The number of ketones is 1. The van der Waals surface area contributed by atoms with Gasteiger partial charge in [0.05, 0.1) is 17.9 Å². The third-order valence-electron chi connectivity index (χ3n) is 3.72. The van der Waals surface area contributed by atoms with Gasteiger partial charge < -0.3 is 9.64 Å². The summed E-state index contributed by atoms with van der Waals surface area (Å²) in [4.78, 5) is 25.6. The zero-order valence-corrected chi connectivity index (χ0v) is 14.3. The Morgan fingerprint density at radius 3 is 2.74 bits per heavy atom. The predicted molar refractivity (Wildman–Crippen MR) is 92.1 cm³/mol. The number of carbonyl (C=O) groups is 2. The summed E-state index contributed by atoms with van der Waals surface area (Å²) in [5.41, 5.74) is 2.28. The third kappa shape index (κ3) is 3.29. The van der Waals surface area contributed by atoms with Crippen LogP contribution in [0.3, 0.4) is 0 Å². The quantitative estimate of drug-likeness (QED) is 0.592. The maximum absolute atomic E-state index is 12.1. The summed E-state index contributed by atoms with van der Waals surface area (Å²) in [6, 6.07) is 13.2. The van der Waals surface area contributed by atoms with Crippen molar-refractivity contribution in [1.82, 2.24) is 0 Å². The summed E-state index contributed by atoms with van der Waals surface area (Å²) in [6.45, 7) is 2.97. The first kappa shape index (κ1) is 15.7. The number of ether oxygens (including phenoxy) is 1. The number of carbonyl (C=O) groups excluding carboxylic acids is 2. The Hall–Kier alpha value is -2.14. The molecule has 0 atom stereocenters. The number of Topliss-reactive ketones (excluding diaryl/α,β-unsaturated/α-hetero) is 1. The molecule has 118 valence electrons. The molecular formula is C18H16BrNO3. The summed E-state index contributed by atoms with van der Waals surface area (Å²) in [7, 11) is 0. The average molecular weight is 374 g/mol. The minimum atomic E-state index is -0.464. The summed E-state index contributed by atoms with van der Waals surface area (Å²) in [6.07, 6.45) is 0.655. The Morgan fingerprint density at radius 2 is 1.96 bits per heavy atom. The van der Waals surface area contributed by atoms with Gasteiger partial charge in [-0.05, 0) is 49.2 Å². The second-order valence-corrected chi connectivity index (χ2v) is 6.38. The minimum Gasteiger partial charge on any atom is -0.494 e. The van der Waals surface area contributed by atoms with Crippen molar-refractivity contribution in [2.24, 2.45) is 0 Å². The maximum Gasteiger partial charge on any atom is 0.299 e. The molecule has 0 bridgehead atoms. The molecule has 0 aliphatic carbocycles. The van der Waals surface area contributed by atoms with Crippen molar-refractivity contribution < 1.29 is 14.3 Å². The molecule has 0 radical (unpaired) electrons. The molecule has 0 aromatic heterocycles. The fourth-order valence-electron chi connectivity index (χ4n) is 2.61. The number of fused-ring (bicyclic) bond motifs is 1. The van der Waals surface area contributed by atoms with E-state index in [9.17, 15) is 9.59 Å². The number of anilines is 1. The number of rotatable bonds is 5. The molecule has 0 N–H and O–H groups in total. The standard InChI is InChI=1S/C18H16BrNO3/c1-12-4-2-5-14(10-12)23-9-3-8-20-16-7-6-13(19)11-15(16)17(21)18(20)22/h2,4-7,10-11H,3,8-9H2,1H3. The van der Waals surface area contributed by atoms with Gasteiger partial charge in [-0.3, -0.25) is 9.59 Å². The van der Waals surface area contributed by atoms with Gasteiger partial charge in [0, 0.05) is 11.0 Å². The first-order valence-corrected chi connectivity index (χ1v) is 8.21. The van der Waals surface area contributed by atoms with Crippen molar-refractivity contribution in [1.29, 1.82) is 0 Å². The fourth-order valence-corrected chi connectivity index (χ4v) is 2.97. The van der Waals surface area contributed by atoms with Crippen LogP contribution in [-0.2, 0) is 4.79 Å². The van der Waals surface area contributed by atoms with Gasteiger partial charge in [0.1, 0.15) is 5.75 Å². The van der Waals surface area contributed by atoms with Gasteiger partial charge >= 0.3 is 0 Å². The van der Waals surface area contributed by atoms with Crippen LogP contribution in [0.15, 0.2) is 46.9 Å². The summed E-state index contributed by atoms with van der Waals surface area (Å²) in [5, 5.41) is 0. The van der Waals surface area contributed by atoms with Crippen molar-refractivity contribution in [3.63, 3.8) is 0 Å². The molecule has 0 spiro atoms. The number of hydrogen-bond donors (Lipinski definition) is 0. The zero-order valence-electron chi connectivity index (χ0n) is 12.7. The number of amides is 1. The van der Waals surface area contributed by atoms with Crippen LogP contribution in [0.25, 0.3) is 0 Å². The van der Waals surface area contributed by atoms with Gasteiger partial charge in [0.15, 0.2) is 0 Å². The van der Waals surface area contributed by atoms with Crippen LogP contribution in [0.4, 0.5) is 5.69 Å². The van der Waals surface area contributed by atoms with Crippen molar-refractivity contribution in [3.05, 3.63) is 58.1 Å². The molecular weight excluding hydrogens is 358 g/mol. The molecule has 4 nitrogen and oxygen atoms in total. The Morgan fingerprint density at radius 1 is 1.13 bits per heavy atom. The van der Waals surface area contributed by atoms with E-state index in [0.717, 1.165) is 15.8 Å². The highest BCUT2D eigenvalue weighted by Crippen LogP contribution is 2.31. The first-order chi connectivity index (χ1) is 11.1. The van der Waals surface area contributed by atoms with Crippen LogP contribution in [0.2, 0.25) is 0 Å². The summed E-state index contributed by atoms with van der Waals surface area (Å²) in [5.74, 6) is -0.0901. The van der Waals surface area contributed by atoms with Crippen LogP contribution in [0, 0.1) is 6.92 Å². The van der Waals surface area contributed by atoms with Gasteiger partial charge in [-0.25, -0.2) is 0 Å². The smallest absolute Gasteiger partial charge is 0.299 e. The highest BCUT2D eigenvalue weighted by molar-refractivity contribution is 9.10. The van der Waals surface area contributed by atoms with Gasteiger partial charge in [0.25, 0.3) is 11.7 Å². The van der Waals surface area contributed by atoms with Crippen molar-refractivity contribution in [2.45, 2.75) is 13.3 Å². The molecule has 1 aliphatic rings. The van der Waals surface area contributed by atoms with Crippen LogP contribution in [-0.4, -0.2) is 24.8 Å². The Kier molecular flexibility index (Phi) is 4.48. The van der Waals surface area contributed by atoms with Crippen LogP contribution in [0.1, 0.15) is 22.3 Å². The lowest BCUT2D eigenvalue weighted by molar-refractivity contribution is -0.114. The van der Waals surface area contributed by atoms with E-state index in [1.807, 2.05) is 37.3 Å². The van der Waals surface area contributed by atoms with E-state index in [0.29, 0.717) is 30.8 Å². The molecule has 2 aromatic carbocycles. The molecule has 0 saturated carbocycles. The van der Waals surface area contributed by atoms with Gasteiger partial charge in [-0.2, -0.15) is 0 Å². The second kappa shape index (κ2) is 6.54. The van der Waals surface area contributed by atoms with Crippen molar-refractivity contribution in [2.75, 3.05) is 18.1 Å². The topological polar surface area (TPSA) is 46.6 Å². The Bertz CT molecular complexity index is 773. The maximum atomic E-state index is 12.1. The molecule has 0 unspecified atom stereocenters. The fraction of sp³-hybridized carbons (Fsp3) is 0.222. The number of aryl methyl sites for hydroxylation is 1. The second-order valence-electron chi connectivity index (χ2n) is 5.47. The van der Waals surface area contributed by atoms with Crippen LogP contribution < -0.4 is 9.64 Å². The molecule has 1 heterocycles. The van der Waals surface area contributed by atoms with E-state index >= 15 is 0 Å². The molecule has 0 fully saturated rings. The molecule has 1 amide bonds. The molecule has 5 heteroatoms. The highest BCUT2D eigenvalue weighted by Gasteiger charge is 2.35. The molecule has 3 rings (SSSR count). The Balaban J connectivity index is 1.61. The van der Waals surface area contributed by atoms with E-state index in [-0.39, 0.29) is 0 Å². The van der Waals surface area contributed by atoms with E-state index in [2.05, 4.69) is 15.9 Å². The van der Waals surface area contributed by atoms with Crippen LogP contribution >= 0.6 is 15.9 Å². The lowest BCUT2D eigenvalue weighted by atomic mass is 10.1. The first-order valence-electron chi connectivity index (χ1n) is 7.41. The third-order valence-corrected chi connectivity index (χ3v) is 4.21. The van der Waals surface area contributed by atoms with E-state index < -0.39 is 11.7 Å². The summed E-state index contributed by atoms with van der Waals surface area (Å²) < 4.78 is 6.48. The van der Waals surface area contributed by atoms with Crippen molar-refractivity contribution >= 4 is 33.3 Å². The van der Waals surface area contributed by atoms with E-state index in [4.69, 9.17) is 4.74 Å². The van der Waals surface area contributed by atoms with Gasteiger partial charge in [0.2, 0.25) is 0 Å². The number of halogens is 1. The number of hydrogen-bond acceptors (Lipinski definition) is 3. The van der Waals surface area contributed by atoms with Gasteiger partial charge in [-0.15, -0.1) is 0 Å². The molecule has 0 saturated heterocycles. The van der Waals surface area contributed by atoms with Crippen molar-refractivity contribution in [3.8, 4) is 5.75 Å². The normalized spacial score (nSPS) is 13.4. The molecule has 1 aliphatic heterocycles. The molecule has 23 heavy (non-hydrogen) atoms. The largest absolute Gasteiger partial charge is 0.494 e. The lowest BCUT2D eigenvalue weighted by Crippen LogP contribution is -2.31. The van der Waals surface area contributed by atoms with E-state index in [1.54, 1.807) is 12.1 Å². The SMILES string of the molecule is Cc1cccc(OCCCN2C(=O)C(=O)c3cc(Br)ccc32)c1. The van der Waals surface area contributed by atoms with E-state index in [1.165, 1.54) is 4.90 Å². The van der Waals surface area contributed by atoms with Crippen LogP contribution in [0.5, 0.6) is 5.75 Å². The zero-order chi connectivity index (χ0) is 16.4. The monoisotopic (exact) mass is 373 g/mol. The number of nitrogens with zero attached hydrogens (tertiary/aromatic N) is 1. The van der Waals surface area contributed by atoms with Gasteiger partial charge in [-0.1, -0.05) is 28.1 Å². The lowest BCUT2D eigenvalue weighted by Gasteiger charge is -2.16. The predicted octanol–water partition coefficient (Wildman–Crippen LogP) is 3.76. The molecule has 2 aromatic rings. The number of benzene rings is 2. The minimum absolute atomic E-state index is 0.444. The average Bonchev–Trinajstić information content (AvgIpc) is 2.76. The highest BCUT2D eigenvalue weighted by atomic mass is 79.9. The Labute approximate surface area is 143 Å².